The molecule has 0 saturated heterocycles. The van der Waals surface area contributed by atoms with E-state index in [4.69, 9.17) is 5.73 Å². The van der Waals surface area contributed by atoms with Crippen molar-refractivity contribution in [2.75, 3.05) is 0 Å². The number of imide groups is 1. The fraction of sp³-hybridized carbons (Fsp3) is 0.125. The molecular formula is C16H18N3O2+. The van der Waals surface area contributed by atoms with Crippen molar-refractivity contribution in [1.29, 1.82) is 0 Å². The van der Waals surface area contributed by atoms with Crippen LogP contribution in [0.4, 0.5) is 4.79 Å². The van der Waals surface area contributed by atoms with Crippen LogP contribution >= 0.6 is 0 Å². The first-order valence-electron chi connectivity index (χ1n) is 6.69. The fourth-order valence-electron chi connectivity index (χ4n) is 2.12. The number of primary amides is 1. The van der Waals surface area contributed by atoms with Gasteiger partial charge in [-0.05, 0) is 0 Å². The molecule has 2 aromatic rings. The van der Waals surface area contributed by atoms with Crippen LogP contribution in [0, 0.1) is 0 Å². The van der Waals surface area contributed by atoms with E-state index >= 15 is 0 Å². The third-order valence-corrected chi connectivity index (χ3v) is 3.12. The van der Waals surface area contributed by atoms with E-state index in [0.717, 1.165) is 11.1 Å². The minimum absolute atomic E-state index is 0.412. The van der Waals surface area contributed by atoms with E-state index in [0.29, 0.717) is 6.54 Å². The Hall–Kier alpha value is -2.66. The lowest BCUT2D eigenvalue weighted by Crippen LogP contribution is -2.86. The molecule has 108 valence electrons. The number of hydrogen-bond donors (Lipinski definition) is 3. The van der Waals surface area contributed by atoms with Crippen LogP contribution in [-0.2, 0) is 11.3 Å². The number of hydrogen-bond acceptors (Lipinski definition) is 2. The largest absolute Gasteiger partial charge is 0.351 e. The smallest absolute Gasteiger partial charge is 0.319 e. The van der Waals surface area contributed by atoms with Gasteiger partial charge >= 0.3 is 6.03 Å². The number of carbonyl (C=O) groups excluding carboxylic acids is 2. The Kier molecular flexibility index (Phi) is 5.06. The summed E-state index contributed by atoms with van der Waals surface area (Å²) in [5, 5.41) is 4.02. The van der Waals surface area contributed by atoms with E-state index in [9.17, 15) is 9.59 Å². The van der Waals surface area contributed by atoms with Crippen molar-refractivity contribution in [2.24, 2.45) is 5.73 Å². The quantitative estimate of drug-likeness (QED) is 0.754. The molecule has 2 rings (SSSR count). The molecule has 0 saturated carbocycles. The third kappa shape index (κ3) is 4.43. The maximum absolute atomic E-state index is 12.1. The second-order valence-electron chi connectivity index (χ2n) is 4.67. The van der Waals surface area contributed by atoms with Gasteiger partial charge in [0.05, 0.1) is 0 Å². The molecule has 0 aliphatic carbocycles. The van der Waals surface area contributed by atoms with Gasteiger partial charge in [0.15, 0.2) is 6.04 Å². The van der Waals surface area contributed by atoms with Crippen molar-refractivity contribution in [3.05, 3.63) is 71.8 Å². The third-order valence-electron chi connectivity index (χ3n) is 3.12. The summed E-state index contributed by atoms with van der Waals surface area (Å²) in [5.74, 6) is -0.412. The lowest BCUT2D eigenvalue weighted by molar-refractivity contribution is -0.698. The first-order valence-corrected chi connectivity index (χ1v) is 6.69. The minimum atomic E-state index is -0.839. The van der Waals surface area contributed by atoms with Crippen molar-refractivity contribution >= 4 is 11.9 Å². The molecule has 21 heavy (non-hydrogen) atoms. The molecule has 0 bridgehead atoms. The molecular weight excluding hydrogens is 266 g/mol. The number of rotatable bonds is 5. The van der Waals surface area contributed by atoms with Gasteiger partial charge in [0.1, 0.15) is 6.54 Å². The van der Waals surface area contributed by atoms with Gasteiger partial charge in [-0.15, -0.1) is 0 Å². The highest BCUT2D eigenvalue weighted by molar-refractivity contribution is 5.96. The summed E-state index contributed by atoms with van der Waals surface area (Å²) in [6.07, 6.45) is 0. The van der Waals surface area contributed by atoms with Crippen LogP contribution in [0.2, 0.25) is 0 Å². The van der Waals surface area contributed by atoms with Gasteiger partial charge < -0.3 is 11.1 Å². The second kappa shape index (κ2) is 7.21. The Labute approximate surface area is 123 Å². The number of amides is 3. The number of nitrogens with one attached hydrogen (secondary N) is 1. The van der Waals surface area contributed by atoms with Crippen LogP contribution in [0.5, 0.6) is 0 Å². The van der Waals surface area contributed by atoms with Gasteiger partial charge in [0.25, 0.3) is 5.91 Å². The molecule has 0 radical (unpaired) electrons. The second-order valence-corrected chi connectivity index (χ2v) is 4.67. The van der Waals surface area contributed by atoms with Crippen molar-refractivity contribution < 1.29 is 14.9 Å². The summed E-state index contributed by atoms with van der Waals surface area (Å²) < 4.78 is 0. The van der Waals surface area contributed by atoms with E-state index in [2.05, 4.69) is 5.32 Å². The summed E-state index contributed by atoms with van der Waals surface area (Å²) in [4.78, 5) is 23.0. The average Bonchev–Trinajstić information content (AvgIpc) is 2.49. The number of urea groups is 1. The Balaban J connectivity index is 2.12. The first-order chi connectivity index (χ1) is 10.2. The Morgan fingerprint density at radius 1 is 1.00 bits per heavy atom. The zero-order valence-corrected chi connectivity index (χ0v) is 11.5. The summed E-state index contributed by atoms with van der Waals surface area (Å²) in [7, 11) is 0. The lowest BCUT2D eigenvalue weighted by Gasteiger charge is -2.14. The molecule has 0 aromatic heterocycles. The Bertz CT molecular complexity index is 599. The summed E-state index contributed by atoms with van der Waals surface area (Å²) >= 11 is 0. The molecule has 0 aliphatic heterocycles. The van der Waals surface area contributed by atoms with Crippen molar-refractivity contribution in [3.8, 4) is 0 Å². The molecule has 5 nitrogen and oxygen atoms in total. The zero-order valence-electron chi connectivity index (χ0n) is 11.5. The maximum Gasteiger partial charge on any atom is 0.319 e. The summed E-state index contributed by atoms with van der Waals surface area (Å²) in [6, 6.07) is 17.8. The lowest BCUT2D eigenvalue weighted by atomic mass is 10.1. The van der Waals surface area contributed by atoms with Gasteiger partial charge in [0, 0.05) is 11.1 Å². The van der Waals surface area contributed by atoms with Crippen LogP contribution in [0.15, 0.2) is 60.7 Å². The number of nitrogens with two attached hydrogens (primary N) is 2. The normalized spacial score (nSPS) is 11.6. The number of quaternary nitrogens is 1. The van der Waals surface area contributed by atoms with Crippen LogP contribution < -0.4 is 16.4 Å². The topological polar surface area (TPSA) is 88.8 Å². The van der Waals surface area contributed by atoms with Crippen molar-refractivity contribution in [2.45, 2.75) is 12.6 Å². The van der Waals surface area contributed by atoms with E-state index < -0.39 is 18.0 Å². The standard InChI is InChI=1S/C16H17N3O2/c17-16(21)19-15(20)14(13-9-5-2-6-10-13)18-11-12-7-3-1-4-8-12/h1-10,14,18H,11H2,(H3,17,19,20,21)/p+1/t14-/m1/s1. The monoisotopic (exact) mass is 284 g/mol. The first kappa shape index (κ1) is 14.7. The molecule has 0 spiro atoms. The highest BCUT2D eigenvalue weighted by Gasteiger charge is 2.24. The summed E-state index contributed by atoms with van der Waals surface area (Å²) in [5.41, 5.74) is 6.96. The van der Waals surface area contributed by atoms with Crippen LogP contribution in [0.25, 0.3) is 0 Å². The number of benzene rings is 2. The van der Waals surface area contributed by atoms with Crippen LogP contribution in [0.1, 0.15) is 17.2 Å². The molecule has 0 heterocycles. The molecule has 0 fully saturated rings. The van der Waals surface area contributed by atoms with Crippen LogP contribution in [-0.4, -0.2) is 11.9 Å². The van der Waals surface area contributed by atoms with Gasteiger partial charge in [-0.2, -0.15) is 0 Å². The van der Waals surface area contributed by atoms with Gasteiger partial charge in [-0.25, -0.2) is 4.79 Å². The molecule has 3 amide bonds. The van der Waals surface area contributed by atoms with E-state index in [1.165, 1.54) is 0 Å². The fourth-order valence-corrected chi connectivity index (χ4v) is 2.12. The van der Waals surface area contributed by atoms with Crippen molar-refractivity contribution in [3.63, 3.8) is 0 Å². The molecule has 5 N–H and O–H groups in total. The van der Waals surface area contributed by atoms with Gasteiger partial charge in [-0.1, -0.05) is 60.7 Å². The average molecular weight is 284 g/mol. The highest BCUT2D eigenvalue weighted by Crippen LogP contribution is 2.08. The number of carbonyl (C=O) groups is 2. The van der Waals surface area contributed by atoms with E-state index in [1.807, 2.05) is 66.0 Å². The highest BCUT2D eigenvalue weighted by atomic mass is 16.2. The van der Waals surface area contributed by atoms with Crippen molar-refractivity contribution in [1.82, 2.24) is 5.32 Å². The minimum Gasteiger partial charge on any atom is -0.351 e. The maximum atomic E-state index is 12.1. The Morgan fingerprint density at radius 3 is 2.14 bits per heavy atom. The molecule has 1 atom stereocenters. The van der Waals surface area contributed by atoms with Gasteiger partial charge in [0.2, 0.25) is 0 Å². The molecule has 2 aromatic carbocycles. The predicted molar refractivity (Wildman–Crippen MR) is 79.0 cm³/mol. The summed E-state index contributed by atoms with van der Waals surface area (Å²) in [6.45, 7) is 0.632. The molecule has 0 unspecified atom stereocenters. The molecule has 0 aliphatic rings. The van der Waals surface area contributed by atoms with E-state index in [-0.39, 0.29) is 0 Å². The SMILES string of the molecule is NC(=O)NC(=O)[C@H]([NH2+]Cc1ccccc1)c1ccccc1. The predicted octanol–water partition coefficient (Wildman–Crippen LogP) is 0.686. The van der Waals surface area contributed by atoms with E-state index in [1.54, 1.807) is 0 Å². The molecule has 5 heteroatoms. The Morgan fingerprint density at radius 2 is 1.57 bits per heavy atom. The zero-order chi connectivity index (χ0) is 15.1. The van der Waals surface area contributed by atoms with Crippen LogP contribution in [0.3, 0.4) is 0 Å². The van der Waals surface area contributed by atoms with Gasteiger partial charge in [-0.3, -0.25) is 10.1 Å².